The Morgan fingerprint density at radius 1 is 1.15 bits per heavy atom. The van der Waals surface area contributed by atoms with Crippen LogP contribution in [0.3, 0.4) is 0 Å². The number of phenols is 1. The van der Waals surface area contributed by atoms with Gasteiger partial charge in [0.1, 0.15) is 5.75 Å². The summed E-state index contributed by atoms with van der Waals surface area (Å²) in [7, 11) is 3.90. The van der Waals surface area contributed by atoms with E-state index >= 15 is 0 Å². The summed E-state index contributed by atoms with van der Waals surface area (Å²) in [6.07, 6.45) is 0. The van der Waals surface area contributed by atoms with Crippen LogP contribution in [-0.2, 0) is 0 Å². The number of nitrogens with one attached hydrogen (secondary N) is 1. The van der Waals surface area contributed by atoms with Gasteiger partial charge in [0.25, 0.3) is 5.91 Å². The predicted octanol–water partition coefficient (Wildman–Crippen LogP) is 3.47. The zero-order chi connectivity index (χ0) is 14.7. The van der Waals surface area contributed by atoms with Crippen LogP contribution in [0.25, 0.3) is 0 Å². The monoisotopic (exact) mass is 334 g/mol. The number of amides is 1. The normalized spacial score (nSPS) is 10.2. The standard InChI is InChI=1S/C15H15BrN2O2/c1-18(2)12-6-4-11(5-7-12)17-15(20)13-8-3-10(16)9-14(13)19/h3-9,19H,1-2H3,(H,17,20). The lowest BCUT2D eigenvalue weighted by Gasteiger charge is -2.13. The molecule has 2 N–H and O–H groups in total. The lowest BCUT2D eigenvalue weighted by Crippen LogP contribution is -2.12. The van der Waals surface area contributed by atoms with Crippen molar-refractivity contribution in [2.24, 2.45) is 0 Å². The number of nitrogens with zero attached hydrogens (tertiary/aromatic N) is 1. The van der Waals surface area contributed by atoms with Crippen LogP contribution < -0.4 is 10.2 Å². The zero-order valence-corrected chi connectivity index (χ0v) is 12.8. The van der Waals surface area contributed by atoms with Gasteiger partial charge in [-0.15, -0.1) is 0 Å². The highest BCUT2D eigenvalue weighted by Crippen LogP contribution is 2.23. The molecule has 104 valence electrons. The van der Waals surface area contributed by atoms with E-state index < -0.39 is 0 Å². The molecule has 0 unspecified atom stereocenters. The first-order chi connectivity index (χ1) is 9.47. The maximum atomic E-state index is 12.1. The van der Waals surface area contributed by atoms with Crippen LogP contribution in [0.5, 0.6) is 5.75 Å². The van der Waals surface area contributed by atoms with Crippen molar-refractivity contribution in [3.05, 3.63) is 52.5 Å². The summed E-state index contributed by atoms with van der Waals surface area (Å²) in [5.74, 6) is -0.394. The number of benzene rings is 2. The lowest BCUT2D eigenvalue weighted by molar-refractivity contribution is 0.102. The molecule has 0 atom stereocenters. The molecule has 0 aliphatic heterocycles. The predicted molar refractivity (Wildman–Crippen MR) is 84.5 cm³/mol. The van der Waals surface area contributed by atoms with Crippen LogP contribution in [0.4, 0.5) is 11.4 Å². The summed E-state index contributed by atoms with van der Waals surface area (Å²) >= 11 is 3.24. The number of rotatable bonds is 3. The van der Waals surface area contributed by atoms with E-state index in [0.717, 1.165) is 10.2 Å². The van der Waals surface area contributed by atoms with Crippen molar-refractivity contribution in [2.75, 3.05) is 24.3 Å². The van der Waals surface area contributed by atoms with Gasteiger partial charge in [-0.05, 0) is 42.5 Å². The van der Waals surface area contributed by atoms with Gasteiger partial charge in [-0.25, -0.2) is 0 Å². The molecular formula is C15H15BrN2O2. The fourth-order valence-electron chi connectivity index (χ4n) is 1.74. The molecule has 0 fully saturated rings. The Morgan fingerprint density at radius 3 is 2.35 bits per heavy atom. The van der Waals surface area contributed by atoms with Gasteiger partial charge < -0.3 is 15.3 Å². The van der Waals surface area contributed by atoms with E-state index in [9.17, 15) is 9.90 Å². The van der Waals surface area contributed by atoms with Crippen molar-refractivity contribution in [3.63, 3.8) is 0 Å². The molecule has 2 aromatic carbocycles. The van der Waals surface area contributed by atoms with E-state index in [2.05, 4.69) is 21.2 Å². The maximum Gasteiger partial charge on any atom is 0.259 e. The average molecular weight is 335 g/mol. The molecule has 5 heteroatoms. The van der Waals surface area contributed by atoms with Crippen LogP contribution in [-0.4, -0.2) is 25.1 Å². The molecule has 0 aliphatic carbocycles. The molecule has 2 aromatic rings. The second-order valence-electron chi connectivity index (χ2n) is 4.56. The van der Waals surface area contributed by atoms with Gasteiger partial charge in [-0.1, -0.05) is 15.9 Å². The Morgan fingerprint density at radius 2 is 1.80 bits per heavy atom. The smallest absolute Gasteiger partial charge is 0.259 e. The first kappa shape index (κ1) is 14.4. The summed E-state index contributed by atoms with van der Waals surface area (Å²) in [5.41, 5.74) is 1.97. The number of carbonyl (C=O) groups is 1. The van der Waals surface area contributed by atoms with Gasteiger partial charge >= 0.3 is 0 Å². The van der Waals surface area contributed by atoms with Crippen molar-refractivity contribution in [1.82, 2.24) is 0 Å². The molecule has 0 saturated carbocycles. The van der Waals surface area contributed by atoms with Crippen molar-refractivity contribution >= 4 is 33.2 Å². The molecule has 0 saturated heterocycles. The van der Waals surface area contributed by atoms with Crippen LogP contribution in [0, 0.1) is 0 Å². The van der Waals surface area contributed by atoms with Crippen LogP contribution in [0.2, 0.25) is 0 Å². The van der Waals surface area contributed by atoms with E-state index in [1.54, 1.807) is 12.1 Å². The van der Waals surface area contributed by atoms with E-state index in [0.29, 0.717) is 5.69 Å². The average Bonchev–Trinajstić information content (AvgIpc) is 2.39. The summed E-state index contributed by atoms with van der Waals surface area (Å²) < 4.78 is 0.724. The molecule has 0 spiro atoms. The van der Waals surface area contributed by atoms with E-state index in [4.69, 9.17) is 0 Å². The molecule has 0 aliphatic rings. The highest BCUT2D eigenvalue weighted by molar-refractivity contribution is 9.10. The summed E-state index contributed by atoms with van der Waals surface area (Å²) in [5, 5.41) is 12.5. The van der Waals surface area contributed by atoms with Gasteiger partial charge in [0.05, 0.1) is 5.56 Å². The van der Waals surface area contributed by atoms with E-state index in [1.807, 2.05) is 43.3 Å². The van der Waals surface area contributed by atoms with Crippen LogP contribution in [0.1, 0.15) is 10.4 Å². The topological polar surface area (TPSA) is 52.6 Å². The minimum Gasteiger partial charge on any atom is -0.507 e. The Hall–Kier alpha value is -2.01. The third-order valence-electron chi connectivity index (χ3n) is 2.85. The third kappa shape index (κ3) is 3.30. The van der Waals surface area contributed by atoms with Crippen molar-refractivity contribution in [3.8, 4) is 5.75 Å². The van der Waals surface area contributed by atoms with E-state index in [1.165, 1.54) is 6.07 Å². The second kappa shape index (κ2) is 5.96. The number of halogens is 1. The molecule has 0 radical (unpaired) electrons. The number of aromatic hydroxyl groups is 1. The molecular weight excluding hydrogens is 320 g/mol. The zero-order valence-electron chi connectivity index (χ0n) is 11.2. The van der Waals surface area contributed by atoms with E-state index in [-0.39, 0.29) is 17.2 Å². The Bertz CT molecular complexity index is 624. The number of carbonyl (C=O) groups excluding carboxylic acids is 1. The molecule has 20 heavy (non-hydrogen) atoms. The summed E-state index contributed by atoms with van der Waals surface area (Å²) in [6.45, 7) is 0. The maximum absolute atomic E-state index is 12.1. The first-order valence-electron chi connectivity index (χ1n) is 6.04. The summed E-state index contributed by atoms with van der Waals surface area (Å²) in [4.78, 5) is 14.0. The van der Waals surface area contributed by atoms with Gasteiger partial charge in [0, 0.05) is 29.9 Å². The SMILES string of the molecule is CN(C)c1ccc(NC(=O)c2ccc(Br)cc2O)cc1. The van der Waals surface area contributed by atoms with Crippen LogP contribution >= 0.6 is 15.9 Å². The summed E-state index contributed by atoms with van der Waals surface area (Å²) in [6, 6.07) is 12.2. The molecule has 0 aromatic heterocycles. The molecule has 1 amide bonds. The molecule has 2 rings (SSSR count). The van der Waals surface area contributed by atoms with Crippen molar-refractivity contribution in [2.45, 2.75) is 0 Å². The van der Waals surface area contributed by atoms with Crippen LogP contribution in [0.15, 0.2) is 46.9 Å². The minimum atomic E-state index is -0.340. The molecule has 4 nitrogen and oxygen atoms in total. The van der Waals surface area contributed by atoms with Gasteiger partial charge in [0.2, 0.25) is 0 Å². The highest BCUT2D eigenvalue weighted by Gasteiger charge is 2.11. The number of anilines is 2. The molecule has 0 bridgehead atoms. The Labute approximate surface area is 126 Å². The Balaban J connectivity index is 2.15. The number of hydrogen-bond donors (Lipinski definition) is 2. The van der Waals surface area contributed by atoms with Crippen molar-refractivity contribution in [1.29, 1.82) is 0 Å². The number of phenolic OH excluding ortho intramolecular Hbond substituents is 1. The first-order valence-corrected chi connectivity index (χ1v) is 6.84. The fourth-order valence-corrected chi connectivity index (χ4v) is 2.09. The largest absolute Gasteiger partial charge is 0.507 e. The van der Waals surface area contributed by atoms with Gasteiger partial charge in [-0.3, -0.25) is 4.79 Å². The van der Waals surface area contributed by atoms with Gasteiger partial charge in [-0.2, -0.15) is 0 Å². The fraction of sp³-hybridized carbons (Fsp3) is 0.133. The third-order valence-corrected chi connectivity index (χ3v) is 3.34. The highest BCUT2D eigenvalue weighted by atomic mass is 79.9. The Kier molecular flexibility index (Phi) is 4.29. The minimum absolute atomic E-state index is 0.0539. The lowest BCUT2D eigenvalue weighted by atomic mass is 10.2. The number of hydrogen-bond acceptors (Lipinski definition) is 3. The second-order valence-corrected chi connectivity index (χ2v) is 5.47. The molecule has 0 heterocycles. The van der Waals surface area contributed by atoms with Crippen molar-refractivity contribution < 1.29 is 9.90 Å². The quantitative estimate of drug-likeness (QED) is 0.903. The van der Waals surface area contributed by atoms with Gasteiger partial charge in [0.15, 0.2) is 0 Å².